The third kappa shape index (κ3) is 6.10. The van der Waals surface area contributed by atoms with E-state index < -0.39 is 6.36 Å². The summed E-state index contributed by atoms with van der Waals surface area (Å²) < 4.78 is 40.2. The monoisotopic (exact) mass is 372 g/mol. The quantitative estimate of drug-likeness (QED) is 0.484. The molecule has 1 fully saturated rings. The van der Waals surface area contributed by atoms with Crippen molar-refractivity contribution >= 4 is 17.6 Å². The number of rotatable bonds is 3. The highest BCUT2D eigenvalue weighted by molar-refractivity contribution is 6.02. The second-order valence-electron chi connectivity index (χ2n) is 6.23. The van der Waals surface area contributed by atoms with Crippen LogP contribution in [0.1, 0.15) is 12.8 Å². The van der Waals surface area contributed by atoms with E-state index in [1.165, 1.54) is 12.1 Å². The Morgan fingerprint density at radius 3 is 2.23 bits per heavy atom. The van der Waals surface area contributed by atoms with Crippen molar-refractivity contribution in [1.82, 2.24) is 15.1 Å². The van der Waals surface area contributed by atoms with Gasteiger partial charge in [-0.1, -0.05) is 0 Å². The molecule has 0 aliphatic carbocycles. The minimum absolute atomic E-state index is 0.122. The molecule has 10 heteroatoms. The van der Waals surface area contributed by atoms with Gasteiger partial charge in [-0.05, 0) is 51.2 Å². The summed E-state index contributed by atoms with van der Waals surface area (Å²) in [7, 11) is 4.07. The summed E-state index contributed by atoms with van der Waals surface area (Å²) in [6, 6.07) is 5.53. The highest BCUT2D eigenvalue weighted by Gasteiger charge is 2.31. The van der Waals surface area contributed by atoms with Crippen molar-refractivity contribution in [3.05, 3.63) is 24.3 Å². The molecule has 1 aliphatic heterocycles. The number of nitrogens with one attached hydrogen (secondary N) is 4. The van der Waals surface area contributed by atoms with Gasteiger partial charge >= 0.3 is 6.36 Å². The van der Waals surface area contributed by atoms with Crippen LogP contribution in [-0.2, 0) is 0 Å². The van der Waals surface area contributed by atoms with Crippen LogP contribution in [0.5, 0.6) is 5.75 Å². The van der Waals surface area contributed by atoms with Gasteiger partial charge in [-0.2, -0.15) is 0 Å². The van der Waals surface area contributed by atoms with Gasteiger partial charge in [0.1, 0.15) is 5.75 Å². The Bertz CT molecular complexity index is 624. The van der Waals surface area contributed by atoms with Crippen molar-refractivity contribution in [2.24, 2.45) is 0 Å². The molecule has 0 unspecified atom stereocenters. The molecule has 4 N–H and O–H groups in total. The largest absolute Gasteiger partial charge is 0.573 e. The third-order valence-corrected chi connectivity index (χ3v) is 4.11. The lowest BCUT2D eigenvalue weighted by Crippen LogP contribution is -2.50. The predicted octanol–water partition coefficient (Wildman–Crippen LogP) is 2.48. The normalized spacial score (nSPS) is 15.7. The zero-order valence-electron chi connectivity index (χ0n) is 14.7. The Morgan fingerprint density at radius 1 is 1.15 bits per heavy atom. The maximum Gasteiger partial charge on any atom is 0.573 e. The van der Waals surface area contributed by atoms with Gasteiger partial charge in [-0.3, -0.25) is 16.1 Å². The van der Waals surface area contributed by atoms with E-state index >= 15 is 0 Å². The third-order valence-electron chi connectivity index (χ3n) is 4.11. The standard InChI is InChI=1S/C16H23F3N6O/c1-24(2)12-7-9-25(10-8-12)15(21)23-14(20)22-11-3-5-13(6-4-11)26-16(17,18)19/h3-6,12H,7-10H2,1-2H3,(H4,20,21,22,23). The molecule has 26 heavy (non-hydrogen) atoms. The van der Waals surface area contributed by atoms with Crippen LogP contribution in [-0.4, -0.2) is 61.3 Å². The summed E-state index contributed by atoms with van der Waals surface area (Å²) >= 11 is 0. The van der Waals surface area contributed by atoms with Crippen molar-refractivity contribution < 1.29 is 17.9 Å². The van der Waals surface area contributed by atoms with E-state index in [1.54, 1.807) is 0 Å². The maximum absolute atomic E-state index is 12.1. The molecular weight excluding hydrogens is 349 g/mol. The topological polar surface area (TPSA) is 87.5 Å². The molecule has 0 aromatic heterocycles. The van der Waals surface area contributed by atoms with Gasteiger partial charge in [0, 0.05) is 24.8 Å². The molecule has 0 atom stereocenters. The van der Waals surface area contributed by atoms with E-state index in [9.17, 15) is 13.2 Å². The van der Waals surface area contributed by atoms with E-state index in [1.807, 2.05) is 19.0 Å². The number of piperidine rings is 1. The van der Waals surface area contributed by atoms with Crippen LogP contribution in [0.2, 0.25) is 0 Å². The molecule has 1 aliphatic rings. The van der Waals surface area contributed by atoms with Crippen molar-refractivity contribution in [3.63, 3.8) is 0 Å². The molecule has 144 valence electrons. The molecule has 0 spiro atoms. The number of benzene rings is 1. The average Bonchev–Trinajstić information content (AvgIpc) is 2.55. The molecule has 1 aromatic carbocycles. The van der Waals surface area contributed by atoms with Crippen LogP contribution in [0.3, 0.4) is 0 Å². The van der Waals surface area contributed by atoms with E-state index in [-0.39, 0.29) is 17.7 Å². The summed E-state index contributed by atoms with van der Waals surface area (Å²) in [4.78, 5) is 4.03. The van der Waals surface area contributed by atoms with Crippen molar-refractivity contribution in [1.29, 1.82) is 10.8 Å². The summed E-state index contributed by atoms with van der Waals surface area (Å²) in [5.74, 6) is -0.343. The number of alkyl halides is 3. The number of halogens is 3. The van der Waals surface area contributed by atoms with Gasteiger partial charge in [-0.15, -0.1) is 13.2 Å². The Hall–Kier alpha value is -2.49. The Kier molecular flexibility index (Phi) is 6.30. The smallest absolute Gasteiger partial charge is 0.406 e. The second kappa shape index (κ2) is 8.26. The lowest BCUT2D eigenvalue weighted by Gasteiger charge is -2.36. The number of ether oxygens (including phenoxy) is 1. The van der Waals surface area contributed by atoms with Crippen molar-refractivity contribution in [2.45, 2.75) is 25.2 Å². The molecule has 1 aromatic rings. The van der Waals surface area contributed by atoms with Crippen LogP contribution >= 0.6 is 0 Å². The van der Waals surface area contributed by atoms with Crippen LogP contribution in [0.4, 0.5) is 18.9 Å². The first-order chi connectivity index (χ1) is 12.1. The second-order valence-corrected chi connectivity index (χ2v) is 6.23. The minimum atomic E-state index is -4.74. The minimum Gasteiger partial charge on any atom is -0.406 e. The van der Waals surface area contributed by atoms with Gasteiger partial charge in [-0.25, -0.2) is 0 Å². The molecule has 1 saturated heterocycles. The Morgan fingerprint density at radius 2 is 1.73 bits per heavy atom. The number of likely N-dealkylation sites (tertiary alicyclic amines) is 1. The fraction of sp³-hybridized carbons (Fsp3) is 0.500. The molecule has 0 amide bonds. The van der Waals surface area contributed by atoms with Gasteiger partial charge in [0.25, 0.3) is 0 Å². The molecule has 2 rings (SSSR count). The molecular formula is C16H23F3N6O. The Balaban J connectivity index is 1.80. The number of hydrogen-bond acceptors (Lipinski definition) is 4. The summed E-state index contributed by atoms with van der Waals surface area (Å²) in [6.45, 7) is 1.46. The number of hydrogen-bond donors (Lipinski definition) is 4. The van der Waals surface area contributed by atoms with Crippen LogP contribution in [0.25, 0.3) is 0 Å². The van der Waals surface area contributed by atoms with Crippen molar-refractivity contribution in [3.8, 4) is 5.75 Å². The lowest BCUT2D eigenvalue weighted by molar-refractivity contribution is -0.274. The molecule has 0 bridgehead atoms. The highest BCUT2D eigenvalue weighted by Crippen LogP contribution is 2.23. The zero-order chi connectivity index (χ0) is 19.3. The SMILES string of the molecule is CN(C)C1CCN(C(=N)NC(=N)Nc2ccc(OC(F)(F)F)cc2)CC1. The van der Waals surface area contributed by atoms with E-state index in [0.29, 0.717) is 11.7 Å². The Labute approximate surface area is 150 Å². The maximum atomic E-state index is 12.1. The molecule has 7 nitrogen and oxygen atoms in total. The van der Waals surface area contributed by atoms with Gasteiger partial charge in [0.2, 0.25) is 0 Å². The summed E-state index contributed by atoms with van der Waals surface area (Å²) in [5, 5.41) is 21.3. The first-order valence-corrected chi connectivity index (χ1v) is 8.12. The van der Waals surface area contributed by atoms with Crippen LogP contribution in [0.15, 0.2) is 24.3 Å². The fourth-order valence-corrected chi connectivity index (χ4v) is 2.72. The van der Waals surface area contributed by atoms with E-state index in [0.717, 1.165) is 38.1 Å². The first-order valence-electron chi connectivity index (χ1n) is 8.12. The number of nitrogens with zero attached hydrogens (tertiary/aromatic N) is 2. The summed E-state index contributed by atoms with van der Waals surface area (Å²) in [6.07, 6.45) is -2.85. The molecule has 1 heterocycles. The lowest BCUT2D eigenvalue weighted by atomic mass is 10.0. The highest BCUT2D eigenvalue weighted by atomic mass is 19.4. The van der Waals surface area contributed by atoms with Crippen molar-refractivity contribution in [2.75, 3.05) is 32.5 Å². The fourth-order valence-electron chi connectivity index (χ4n) is 2.72. The predicted molar refractivity (Wildman–Crippen MR) is 93.6 cm³/mol. The average molecular weight is 372 g/mol. The van der Waals surface area contributed by atoms with Crippen LogP contribution in [0, 0.1) is 10.8 Å². The van der Waals surface area contributed by atoms with Gasteiger partial charge in [0.05, 0.1) is 0 Å². The van der Waals surface area contributed by atoms with E-state index in [4.69, 9.17) is 10.8 Å². The first kappa shape index (κ1) is 19.8. The summed E-state index contributed by atoms with van der Waals surface area (Å²) in [5.41, 5.74) is 0.413. The zero-order valence-corrected chi connectivity index (χ0v) is 14.7. The van der Waals surface area contributed by atoms with Gasteiger partial charge < -0.3 is 19.9 Å². The molecule has 0 radical (unpaired) electrons. The van der Waals surface area contributed by atoms with Gasteiger partial charge in [0.15, 0.2) is 11.9 Å². The number of guanidine groups is 2. The molecule has 0 saturated carbocycles. The van der Waals surface area contributed by atoms with Crippen LogP contribution < -0.4 is 15.4 Å². The van der Waals surface area contributed by atoms with E-state index in [2.05, 4.69) is 20.3 Å². The number of anilines is 1.